The van der Waals surface area contributed by atoms with Gasteiger partial charge in [-0.2, -0.15) is 0 Å². The third kappa shape index (κ3) is 3.01. The fourth-order valence-electron chi connectivity index (χ4n) is 1.70. The molecule has 1 heterocycles. The van der Waals surface area contributed by atoms with Crippen LogP contribution in [0.25, 0.3) is 0 Å². The Morgan fingerprint density at radius 2 is 1.95 bits per heavy atom. The van der Waals surface area contributed by atoms with Gasteiger partial charge < -0.3 is 15.0 Å². The second kappa shape index (κ2) is 5.75. The molecule has 0 aliphatic rings. The van der Waals surface area contributed by atoms with Crippen LogP contribution in [0.1, 0.15) is 20.8 Å². The number of rotatable bonds is 3. The zero-order valence-corrected chi connectivity index (χ0v) is 12.2. The topological polar surface area (TPSA) is 71.3 Å². The molecule has 0 saturated heterocycles. The number of carbonyl (C=O) groups excluding carboxylic acids is 1. The van der Waals surface area contributed by atoms with E-state index in [2.05, 4.69) is 5.32 Å². The highest BCUT2D eigenvalue weighted by atomic mass is 35.5. The Morgan fingerprint density at radius 1 is 1.29 bits per heavy atom. The molecule has 0 bridgehead atoms. The molecule has 8 heteroatoms. The normalized spacial score (nSPS) is 10.5. The molecular weight excluding hydrogens is 322 g/mol. The average Bonchev–Trinajstić information content (AvgIpc) is 2.68. The average molecular weight is 331 g/mol. The van der Waals surface area contributed by atoms with Gasteiger partial charge in [0.25, 0.3) is 5.91 Å². The monoisotopic (exact) mass is 330 g/mol. The Labute approximate surface area is 128 Å². The summed E-state index contributed by atoms with van der Waals surface area (Å²) in [6.07, 6.45) is 0. The van der Waals surface area contributed by atoms with Crippen molar-refractivity contribution in [3.8, 4) is 0 Å². The van der Waals surface area contributed by atoms with E-state index in [1.54, 1.807) is 0 Å². The van der Waals surface area contributed by atoms with Crippen molar-refractivity contribution in [3.05, 3.63) is 51.5 Å². The molecule has 1 aromatic carbocycles. The number of halogens is 3. The van der Waals surface area contributed by atoms with Crippen molar-refractivity contribution in [2.75, 3.05) is 5.32 Å². The molecular formula is C13H9Cl2FN2O3. The Morgan fingerprint density at radius 3 is 2.43 bits per heavy atom. The first-order valence-electron chi connectivity index (χ1n) is 5.66. The number of hydrogen-bond donors (Lipinski definition) is 2. The fraction of sp³-hybridized carbons (Fsp3) is 0.0769. The zero-order chi connectivity index (χ0) is 15.7. The third-order valence-electron chi connectivity index (χ3n) is 2.81. The highest BCUT2D eigenvalue weighted by Gasteiger charge is 2.17. The van der Waals surface area contributed by atoms with E-state index >= 15 is 0 Å². The van der Waals surface area contributed by atoms with Gasteiger partial charge in [0.1, 0.15) is 16.7 Å². The Kier molecular flexibility index (Phi) is 4.20. The van der Waals surface area contributed by atoms with E-state index in [9.17, 15) is 14.0 Å². The quantitative estimate of drug-likeness (QED) is 0.905. The molecule has 2 N–H and O–H groups in total. The van der Waals surface area contributed by atoms with E-state index in [1.807, 2.05) is 0 Å². The van der Waals surface area contributed by atoms with Gasteiger partial charge in [-0.15, -0.1) is 0 Å². The van der Waals surface area contributed by atoms with E-state index in [1.165, 1.54) is 29.8 Å². The minimum Gasteiger partial charge on any atom is -0.478 e. The number of carbonyl (C=O) groups is 2. The van der Waals surface area contributed by atoms with Crippen LogP contribution >= 0.6 is 23.2 Å². The molecule has 0 saturated carbocycles. The van der Waals surface area contributed by atoms with Crippen LogP contribution in [0.5, 0.6) is 0 Å². The second-order valence-corrected chi connectivity index (χ2v) is 4.95. The van der Waals surface area contributed by atoms with E-state index < -0.39 is 17.7 Å². The van der Waals surface area contributed by atoms with Crippen molar-refractivity contribution in [2.24, 2.45) is 7.05 Å². The fourth-order valence-corrected chi connectivity index (χ4v) is 2.07. The molecule has 0 fully saturated rings. The third-order valence-corrected chi connectivity index (χ3v) is 3.66. The maximum absolute atomic E-state index is 13.7. The van der Waals surface area contributed by atoms with Crippen molar-refractivity contribution in [2.45, 2.75) is 0 Å². The predicted molar refractivity (Wildman–Crippen MR) is 76.7 cm³/mol. The first-order chi connectivity index (χ1) is 9.81. The van der Waals surface area contributed by atoms with Gasteiger partial charge in [-0.1, -0.05) is 23.2 Å². The minimum absolute atomic E-state index is 0.140. The lowest BCUT2D eigenvalue weighted by Crippen LogP contribution is -2.16. The summed E-state index contributed by atoms with van der Waals surface area (Å²) in [7, 11) is 1.53. The number of carboxylic acids is 1. The van der Waals surface area contributed by atoms with Gasteiger partial charge in [0.15, 0.2) is 0 Å². The molecule has 0 aliphatic carbocycles. The molecule has 2 rings (SSSR count). The van der Waals surface area contributed by atoms with Crippen LogP contribution in [0.3, 0.4) is 0 Å². The van der Waals surface area contributed by atoms with Gasteiger partial charge >= 0.3 is 5.97 Å². The predicted octanol–water partition coefficient (Wildman–Crippen LogP) is 3.42. The molecule has 0 radical (unpaired) electrons. The first-order valence-corrected chi connectivity index (χ1v) is 6.41. The number of amides is 1. The number of hydrogen-bond acceptors (Lipinski definition) is 2. The number of nitrogens with one attached hydrogen (secondary N) is 1. The van der Waals surface area contributed by atoms with Gasteiger partial charge in [-0.25, -0.2) is 9.18 Å². The highest BCUT2D eigenvalue weighted by Crippen LogP contribution is 2.26. The smallest absolute Gasteiger partial charge is 0.335 e. The van der Waals surface area contributed by atoms with Crippen LogP contribution in [0, 0.1) is 5.82 Å². The number of aromatic nitrogens is 1. The van der Waals surface area contributed by atoms with E-state index in [0.717, 1.165) is 6.07 Å². The molecule has 0 aliphatic heterocycles. The number of anilines is 1. The van der Waals surface area contributed by atoms with Crippen LogP contribution < -0.4 is 5.32 Å². The summed E-state index contributed by atoms with van der Waals surface area (Å²) in [6.45, 7) is 0. The molecule has 5 nitrogen and oxygen atoms in total. The summed E-state index contributed by atoms with van der Waals surface area (Å²) in [5, 5.41) is 11.5. The first kappa shape index (κ1) is 15.3. The van der Waals surface area contributed by atoms with Gasteiger partial charge in [0.05, 0.1) is 16.3 Å². The number of aromatic carboxylic acids is 1. The molecule has 1 amide bonds. The Hall–Kier alpha value is -2.05. The van der Waals surface area contributed by atoms with Crippen LogP contribution in [0.4, 0.5) is 10.1 Å². The summed E-state index contributed by atoms with van der Waals surface area (Å²) in [5.74, 6) is -2.73. The lowest BCUT2D eigenvalue weighted by molar-refractivity contribution is 0.0696. The summed E-state index contributed by atoms with van der Waals surface area (Å²) in [4.78, 5) is 22.7. The lowest BCUT2D eigenvalue weighted by Gasteiger charge is -2.08. The van der Waals surface area contributed by atoms with Crippen LogP contribution in [-0.2, 0) is 7.05 Å². The van der Waals surface area contributed by atoms with Gasteiger partial charge in [-0.3, -0.25) is 4.79 Å². The van der Waals surface area contributed by atoms with Crippen molar-refractivity contribution in [1.82, 2.24) is 4.57 Å². The summed E-state index contributed by atoms with van der Waals surface area (Å²) in [5.41, 5.74) is -0.208. The SMILES string of the molecule is Cn1c(C(=O)Nc2ccc(C(=O)O)cc2F)cc(Cl)c1Cl. The molecule has 2 aromatic rings. The highest BCUT2D eigenvalue weighted by molar-refractivity contribution is 6.42. The van der Waals surface area contributed by atoms with Crippen molar-refractivity contribution >= 4 is 40.8 Å². The lowest BCUT2D eigenvalue weighted by atomic mass is 10.2. The van der Waals surface area contributed by atoms with Crippen molar-refractivity contribution in [3.63, 3.8) is 0 Å². The van der Waals surface area contributed by atoms with E-state index in [0.29, 0.717) is 0 Å². The molecule has 0 spiro atoms. The second-order valence-electron chi connectivity index (χ2n) is 4.18. The molecule has 110 valence electrons. The van der Waals surface area contributed by atoms with Gasteiger partial charge in [-0.05, 0) is 24.3 Å². The van der Waals surface area contributed by atoms with Crippen LogP contribution in [-0.4, -0.2) is 21.6 Å². The summed E-state index contributed by atoms with van der Waals surface area (Å²) < 4.78 is 15.1. The van der Waals surface area contributed by atoms with E-state index in [4.69, 9.17) is 28.3 Å². The Balaban J connectivity index is 2.27. The van der Waals surface area contributed by atoms with E-state index in [-0.39, 0.29) is 27.1 Å². The maximum atomic E-state index is 13.7. The van der Waals surface area contributed by atoms with Crippen molar-refractivity contribution < 1.29 is 19.1 Å². The zero-order valence-electron chi connectivity index (χ0n) is 10.7. The largest absolute Gasteiger partial charge is 0.478 e. The molecule has 1 aromatic heterocycles. The van der Waals surface area contributed by atoms with Crippen LogP contribution in [0.2, 0.25) is 10.2 Å². The molecule has 0 atom stereocenters. The van der Waals surface area contributed by atoms with Gasteiger partial charge in [0.2, 0.25) is 0 Å². The summed E-state index contributed by atoms with van der Waals surface area (Å²) in [6, 6.07) is 4.53. The molecule has 0 unspecified atom stereocenters. The number of nitrogens with zero attached hydrogens (tertiary/aromatic N) is 1. The van der Waals surface area contributed by atoms with Crippen molar-refractivity contribution in [1.29, 1.82) is 0 Å². The number of carboxylic acid groups (broad SMARTS) is 1. The minimum atomic E-state index is -1.26. The number of benzene rings is 1. The standard InChI is InChI=1S/C13H9Cl2FN2O3/c1-18-10(5-7(14)11(18)15)12(19)17-9-3-2-6(13(20)21)4-8(9)16/h2-5H,1H3,(H,17,19)(H,20,21). The summed E-state index contributed by atoms with van der Waals surface area (Å²) >= 11 is 11.6. The molecule has 21 heavy (non-hydrogen) atoms. The van der Waals surface area contributed by atoms with Crippen LogP contribution in [0.15, 0.2) is 24.3 Å². The maximum Gasteiger partial charge on any atom is 0.335 e. The Bertz CT molecular complexity index is 743. The van der Waals surface area contributed by atoms with Gasteiger partial charge in [0, 0.05) is 7.05 Å².